The Hall–Kier alpha value is -0.750. The first kappa shape index (κ1) is 12.3. The van der Waals surface area contributed by atoms with Crippen LogP contribution in [0.4, 0.5) is 5.95 Å². The van der Waals surface area contributed by atoms with Gasteiger partial charge in [0.05, 0.1) is 9.46 Å². The van der Waals surface area contributed by atoms with E-state index in [0.29, 0.717) is 17.4 Å². The van der Waals surface area contributed by atoms with Crippen LogP contribution in [0.1, 0.15) is 13.3 Å². The summed E-state index contributed by atoms with van der Waals surface area (Å²) in [5, 5.41) is 0. The summed E-state index contributed by atoms with van der Waals surface area (Å²) in [6, 6.07) is 0.198. The molecular weight excluding hydrogens is 276 g/mol. The van der Waals surface area contributed by atoms with Crippen LogP contribution in [0, 0.1) is 0 Å². The van der Waals surface area contributed by atoms with Gasteiger partial charge in [-0.15, -0.1) is 0 Å². The summed E-state index contributed by atoms with van der Waals surface area (Å²) in [7, 11) is 1.92. The molecule has 0 aliphatic heterocycles. The molecule has 82 valence electrons. The zero-order valence-electron chi connectivity index (χ0n) is 8.64. The standard InChI is InChI=1S/C9H13BrN4S/c1-6(3-8(11)15)14(2)9-12-4-7(10)5-13-9/h4-6H,3H2,1-2H3,(H2,11,15). The van der Waals surface area contributed by atoms with E-state index < -0.39 is 0 Å². The predicted octanol–water partition coefficient (Wildman–Crippen LogP) is 1.74. The molecule has 0 radical (unpaired) electrons. The van der Waals surface area contributed by atoms with Gasteiger partial charge >= 0.3 is 0 Å². The minimum Gasteiger partial charge on any atom is -0.393 e. The van der Waals surface area contributed by atoms with Crippen molar-refractivity contribution in [1.29, 1.82) is 0 Å². The van der Waals surface area contributed by atoms with Crippen LogP contribution in [0.15, 0.2) is 16.9 Å². The van der Waals surface area contributed by atoms with E-state index in [1.54, 1.807) is 12.4 Å². The van der Waals surface area contributed by atoms with Crippen molar-refractivity contribution < 1.29 is 0 Å². The van der Waals surface area contributed by atoms with Crippen LogP contribution < -0.4 is 10.6 Å². The lowest BCUT2D eigenvalue weighted by molar-refractivity contribution is 0.693. The molecule has 0 amide bonds. The summed E-state index contributed by atoms with van der Waals surface area (Å²) in [6.07, 6.45) is 4.09. The number of halogens is 1. The largest absolute Gasteiger partial charge is 0.393 e. The number of hydrogen-bond donors (Lipinski definition) is 1. The fourth-order valence-electron chi connectivity index (χ4n) is 1.11. The number of nitrogens with zero attached hydrogens (tertiary/aromatic N) is 3. The van der Waals surface area contributed by atoms with E-state index in [0.717, 1.165) is 4.47 Å². The lowest BCUT2D eigenvalue weighted by Crippen LogP contribution is -2.33. The van der Waals surface area contributed by atoms with Crippen LogP contribution >= 0.6 is 28.1 Å². The monoisotopic (exact) mass is 288 g/mol. The molecule has 2 N–H and O–H groups in total. The first-order valence-electron chi connectivity index (χ1n) is 4.49. The fourth-order valence-corrected chi connectivity index (χ4v) is 1.56. The van der Waals surface area contributed by atoms with Gasteiger partial charge in [-0.25, -0.2) is 9.97 Å². The lowest BCUT2D eigenvalue weighted by Gasteiger charge is -2.24. The lowest BCUT2D eigenvalue weighted by atomic mass is 10.2. The Morgan fingerprint density at radius 1 is 1.60 bits per heavy atom. The molecule has 1 atom stereocenters. The molecule has 0 saturated heterocycles. The zero-order chi connectivity index (χ0) is 11.4. The van der Waals surface area contributed by atoms with Gasteiger partial charge in [-0.05, 0) is 22.9 Å². The molecule has 1 rings (SSSR count). The van der Waals surface area contributed by atoms with E-state index in [1.165, 1.54) is 0 Å². The average Bonchev–Trinajstić information content (AvgIpc) is 2.17. The number of rotatable bonds is 4. The summed E-state index contributed by atoms with van der Waals surface area (Å²) >= 11 is 8.15. The van der Waals surface area contributed by atoms with Crippen LogP contribution in [-0.2, 0) is 0 Å². The van der Waals surface area contributed by atoms with Gasteiger partial charge in [0.1, 0.15) is 0 Å². The van der Waals surface area contributed by atoms with Crippen LogP contribution in [-0.4, -0.2) is 28.0 Å². The second-order valence-corrected chi connectivity index (χ2v) is 4.77. The second kappa shape index (κ2) is 5.37. The van der Waals surface area contributed by atoms with Crippen molar-refractivity contribution in [3.05, 3.63) is 16.9 Å². The Labute approximate surface area is 103 Å². The second-order valence-electron chi connectivity index (χ2n) is 3.33. The molecule has 15 heavy (non-hydrogen) atoms. The van der Waals surface area contributed by atoms with Crippen LogP contribution in [0.2, 0.25) is 0 Å². The van der Waals surface area contributed by atoms with Crippen molar-refractivity contribution in [1.82, 2.24) is 9.97 Å². The van der Waals surface area contributed by atoms with E-state index in [4.69, 9.17) is 18.0 Å². The first-order valence-corrected chi connectivity index (χ1v) is 5.69. The van der Waals surface area contributed by atoms with Crippen molar-refractivity contribution in [2.24, 2.45) is 5.73 Å². The van der Waals surface area contributed by atoms with E-state index in [1.807, 2.05) is 18.9 Å². The molecule has 0 spiro atoms. The van der Waals surface area contributed by atoms with Crippen LogP contribution in [0.3, 0.4) is 0 Å². The average molecular weight is 289 g/mol. The van der Waals surface area contributed by atoms with Gasteiger partial charge in [0, 0.05) is 31.9 Å². The Morgan fingerprint density at radius 2 is 2.13 bits per heavy atom. The van der Waals surface area contributed by atoms with Gasteiger partial charge < -0.3 is 10.6 Å². The van der Waals surface area contributed by atoms with Gasteiger partial charge in [0.25, 0.3) is 0 Å². The molecule has 1 aromatic heterocycles. The third kappa shape index (κ3) is 3.71. The Balaban J connectivity index is 2.71. The van der Waals surface area contributed by atoms with E-state index >= 15 is 0 Å². The molecule has 4 nitrogen and oxygen atoms in total. The van der Waals surface area contributed by atoms with Crippen molar-refractivity contribution in [3.8, 4) is 0 Å². The molecule has 1 unspecified atom stereocenters. The van der Waals surface area contributed by atoms with E-state index in [-0.39, 0.29) is 6.04 Å². The molecule has 1 aromatic rings. The number of aromatic nitrogens is 2. The first-order chi connectivity index (χ1) is 7.00. The molecule has 0 saturated carbocycles. The maximum atomic E-state index is 5.49. The highest BCUT2D eigenvalue weighted by atomic mass is 79.9. The fraction of sp³-hybridized carbons (Fsp3) is 0.444. The Kier molecular flexibility index (Phi) is 4.41. The summed E-state index contributed by atoms with van der Waals surface area (Å²) in [6.45, 7) is 2.03. The number of nitrogens with two attached hydrogens (primary N) is 1. The molecular formula is C9H13BrN4S. The van der Waals surface area contributed by atoms with Crippen LogP contribution in [0.25, 0.3) is 0 Å². The van der Waals surface area contributed by atoms with Gasteiger partial charge in [-0.2, -0.15) is 0 Å². The maximum absolute atomic E-state index is 5.49. The van der Waals surface area contributed by atoms with Crippen molar-refractivity contribution in [2.45, 2.75) is 19.4 Å². The summed E-state index contributed by atoms with van der Waals surface area (Å²) in [5.74, 6) is 0.668. The molecule has 1 heterocycles. The van der Waals surface area contributed by atoms with Gasteiger partial charge in [-0.3, -0.25) is 0 Å². The third-order valence-corrected chi connectivity index (χ3v) is 2.66. The quantitative estimate of drug-likeness (QED) is 0.856. The highest BCUT2D eigenvalue weighted by Gasteiger charge is 2.12. The van der Waals surface area contributed by atoms with Gasteiger partial charge in [-0.1, -0.05) is 12.2 Å². The Morgan fingerprint density at radius 3 is 2.60 bits per heavy atom. The molecule has 0 fully saturated rings. The number of thiocarbonyl (C=S) groups is 1. The summed E-state index contributed by atoms with van der Waals surface area (Å²) < 4.78 is 0.863. The van der Waals surface area contributed by atoms with E-state index in [9.17, 15) is 0 Å². The highest BCUT2D eigenvalue weighted by Crippen LogP contribution is 2.13. The zero-order valence-corrected chi connectivity index (χ0v) is 11.0. The number of hydrogen-bond acceptors (Lipinski definition) is 4. The topological polar surface area (TPSA) is 55.0 Å². The molecule has 0 bridgehead atoms. The minimum absolute atomic E-state index is 0.198. The minimum atomic E-state index is 0.198. The normalized spacial score (nSPS) is 12.2. The summed E-state index contributed by atoms with van der Waals surface area (Å²) in [4.78, 5) is 10.8. The predicted molar refractivity (Wildman–Crippen MR) is 69.0 cm³/mol. The van der Waals surface area contributed by atoms with Crippen LogP contribution in [0.5, 0.6) is 0 Å². The van der Waals surface area contributed by atoms with Crippen molar-refractivity contribution in [2.75, 3.05) is 11.9 Å². The van der Waals surface area contributed by atoms with Crippen molar-refractivity contribution in [3.63, 3.8) is 0 Å². The van der Waals surface area contributed by atoms with Gasteiger partial charge in [0.2, 0.25) is 5.95 Å². The molecule has 6 heteroatoms. The third-order valence-electron chi connectivity index (χ3n) is 2.08. The van der Waals surface area contributed by atoms with E-state index in [2.05, 4.69) is 25.9 Å². The Bertz CT molecular complexity index is 340. The smallest absolute Gasteiger partial charge is 0.225 e. The number of anilines is 1. The molecule has 0 aliphatic rings. The molecule has 0 aliphatic carbocycles. The van der Waals surface area contributed by atoms with Gasteiger partial charge in [0.15, 0.2) is 0 Å². The molecule has 0 aromatic carbocycles. The van der Waals surface area contributed by atoms with Crippen molar-refractivity contribution >= 4 is 39.1 Å². The maximum Gasteiger partial charge on any atom is 0.225 e. The highest BCUT2D eigenvalue weighted by molar-refractivity contribution is 9.10. The SMILES string of the molecule is CC(CC(N)=S)N(C)c1ncc(Br)cn1. The summed E-state index contributed by atoms with van der Waals surface area (Å²) in [5.41, 5.74) is 5.49.